The molecule has 1 fully saturated rings. The molecule has 2 aromatic carbocycles. The fourth-order valence-electron chi connectivity index (χ4n) is 4.22. The van der Waals surface area contributed by atoms with Crippen molar-refractivity contribution in [1.82, 2.24) is 14.9 Å². The summed E-state index contributed by atoms with van der Waals surface area (Å²) >= 11 is 0. The molecule has 3 aromatic rings. The molecule has 0 radical (unpaired) electrons. The zero-order chi connectivity index (χ0) is 19.9. The van der Waals surface area contributed by atoms with E-state index in [1.54, 1.807) is 18.3 Å². The molecule has 1 aliphatic carbocycles. The van der Waals surface area contributed by atoms with Crippen molar-refractivity contribution in [1.29, 1.82) is 0 Å². The van der Waals surface area contributed by atoms with E-state index >= 15 is 0 Å². The predicted octanol–water partition coefficient (Wildman–Crippen LogP) is 4.30. The molecular formula is C23H24FN3O. The first-order valence-electron chi connectivity index (χ1n) is 9.48. The minimum Gasteiger partial charge on any atom is -0.351 e. The Morgan fingerprint density at radius 2 is 1.86 bits per heavy atom. The van der Waals surface area contributed by atoms with Gasteiger partial charge in [-0.2, -0.15) is 0 Å². The molecule has 4 rings (SSSR count). The van der Waals surface area contributed by atoms with Crippen LogP contribution in [0.1, 0.15) is 37.2 Å². The SMILES string of the molecule is Cc1nccn1-c1ccccc1CNC(=O)[C@@]1(c2ccc(F)cc2)CC1(C)C. The highest BCUT2D eigenvalue weighted by molar-refractivity contribution is 5.93. The van der Waals surface area contributed by atoms with Crippen LogP contribution in [0.3, 0.4) is 0 Å². The molecule has 1 atom stereocenters. The van der Waals surface area contributed by atoms with Crippen molar-refractivity contribution in [3.8, 4) is 5.69 Å². The van der Waals surface area contributed by atoms with Gasteiger partial charge in [0.15, 0.2) is 0 Å². The summed E-state index contributed by atoms with van der Waals surface area (Å²) in [7, 11) is 0. The molecule has 144 valence electrons. The van der Waals surface area contributed by atoms with Crippen LogP contribution in [0, 0.1) is 18.2 Å². The summed E-state index contributed by atoms with van der Waals surface area (Å²) in [6.45, 7) is 6.54. The van der Waals surface area contributed by atoms with E-state index in [0.29, 0.717) is 6.54 Å². The topological polar surface area (TPSA) is 46.9 Å². The highest BCUT2D eigenvalue weighted by atomic mass is 19.1. The van der Waals surface area contributed by atoms with Crippen molar-refractivity contribution in [3.63, 3.8) is 0 Å². The van der Waals surface area contributed by atoms with Crippen molar-refractivity contribution in [2.24, 2.45) is 5.41 Å². The summed E-state index contributed by atoms with van der Waals surface area (Å²) in [5.74, 6) is 0.591. The number of imidazole rings is 1. The molecule has 0 unspecified atom stereocenters. The normalized spacial score (nSPS) is 20.0. The molecule has 1 N–H and O–H groups in total. The minimum absolute atomic E-state index is 0.0127. The number of hydrogen-bond donors (Lipinski definition) is 1. The number of carbonyl (C=O) groups excluding carboxylic acids is 1. The van der Waals surface area contributed by atoms with Crippen LogP contribution in [0.15, 0.2) is 60.9 Å². The third kappa shape index (κ3) is 2.91. The quantitative estimate of drug-likeness (QED) is 0.720. The van der Waals surface area contributed by atoms with Gasteiger partial charge in [0.25, 0.3) is 0 Å². The molecule has 4 nitrogen and oxygen atoms in total. The Bertz CT molecular complexity index is 1020. The number of hydrogen-bond acceptors (Lipinski definition) is 2. The smallest absolute Gasteiger partial charge is 0.231 e. The second-order valence-corrected chi connectivity index (χ2v) is 8.13. The van der Waals surface area contributed by atoms with Gasteiger partial charge >= 0.3 is 0 Å². The first-order chi connectivity index (χ1) is 13.3. The molecule has 1 aliphatic rings. The van der Waals surface area contributed by atoms with E-state index in [1.807, 2.05) is 42.0 Å². The molecule has 5 heteroatoms. The Balaban J connectivity index is 1.58. The van der Waals surface area contributed by atoms with Gasteiger partial charge in [-0.25, -0.2) is 9.37 Å². The first-order valence-corrected chi connectivity index (χ1v) is 9.48. The van der Waals surface area contributed by atoms with Gasteiger partial charge in [0.05, 0.1) is 11.1 Å². The summed E-state index contributed by atoms with van der Waals surface area (Å²) in [5.41, 5.74) is 2.12. The average Bonchev–Trinajstić information content (AvgIpc) is 3.03. The second-order valence-electron chi connectivity index (χ2n) is 8.13. The zero-order valence-electron chi connectivity index (χ0n) is 16.4. The molecule has 1 heterocycles. The molecule has 1 saturated carbocycles. The lowest BCUT2D eigenvalue weighted by atomic mass is 9.87. The van der Waals surface area contributed by atoms with E-state index in [4.69, 9.17) is 0 Å². The van der Waals surface area contributed by atoms with Gasteiger partial charge in [0.2, 0.25) is 5.91 Å². The van der Waals surface area contributed by atoms with Crippen molar-refractivity contribution < 1.29 is 9.18 Å². The highest BCUT2D eigenvalue weighted by Gasteiger charge is 2.66. The third-order valence-corrected chi connectivity index (χ3v) is 5.98. The minimum atomic E-state index is -0.611. The summed E-state index contributed by atoms with van der Waals surface area (Å²) in [6.07, 6.45) is 4.43. The van der Waals surface area contributed by atoms with Crippen molar-refractivity contribution in [3.05, 3.63) is 83.7 Å². The van der Waals surface area contributed by atoms with Crippen LogP contribution in [0.4, 0.5) is 4.39 Å². The Hall–Kier alpha value is -2.95. The Morgan fingerprint density at radius 1 is 1.18 bits per heavy atom. The summed E-state index contributed by atoms with van der Waals surface area (Å²) in [6, 6.07) is 14.3. The largest absolute Gasteiger partial charge is 0.351 e. The van der Waals surface area contributed by atoms with Gasteiger partial charge in [-0.15, -0.1) is 0 Å². The third-order valence-electron chi connectivity index (χ3n) is 5.98. The van der Waals surface area contributed by atoms with Crippen molar-refractivity contribution in [2.45, 2.75) is 39.2 Å². The van der Waals surface area contributed by atoms with Gasteiger partial charge < -0.3 is 9.88 Å². The highest BCUT2D eigenvalue weighted by Crippen LogP contribution is 2.64. The van der Waals surface area contributed by atoms with Crippen LogP contribution in [-0.2, 0) is 16.8 Å². The second kappa shape index (κ2) is 6.59. The lowest BCUT2D eigenvalue weighted by Gasteiger charge is -2.21. The number of amides is 1. The number of nitrogens with one attached hydrogen (secondary N) is 1. The van der Waals surface area contributed by atoms with Crippen LogP contribution in [0.2, 0.25) is 0 Å². The van der Waals surface area contributed by atoms with Gasteiger partial charge in [-0.3, -0.25) is 4.79 Å². The van der Waals surface area contributed by atoms with E-state index in [9.17, 15) is 9.18 Å². The van der Waals surface area contributed by atoms with E-state index in [2.05, 4.69) is 24.1 Å². The monoisotopic (exact) mass is 377 g/mol. The number of para-hydroxylation sites is 1. The summed E-state index contributed by atoms with van der Waals surface area (Å²) in [5, 5.41) is 3.13. The first kappa shape index (κ1) is 18.4. The number of nitrogens with zero attached hydrogens (tertiary/aromatic N) is 2. The molecule has 0 spiro atoms. The average molecular weight is 377 g/mol. The Morgan fingerprint density at radius 3 is 2.46 bits per heavy atom. The van der Waals surface area contributed by atoms with Crippen LogP contribution in [0.25, 0.3) is 5.69 Å². The Labute approximate surface area is 164 Å². The van der Waals surface area contributed by atoms with E-state index in [-0.39, 0.29) is 17.1 Å². The number of aromatic nitrogens is 2. The maximum atomic E-state index is 13.4. The van der Waals surface area contributed by atoms with Gasteiger partial charge in [-0.05, 0) is 48.1 Å². The number of halogens is 1. The molecule has 0 saturated heterocycles. The summed E-state index contributed by atoms with van der Waals surface area (Å²) in [4.78, 5) is 17.5. The summed E-state index contributed by atoms with van der Waals surface area (Å²) < 4.78 is 15.4. The Kier molecular flexibility index (Phi) is 4.33. The van der Waals surface area contributed by atoms with Crippen LogP contribution in [-0.4, -0.2) is 15.5 Å². The molecule has 28 heavy (non-hydrogen) atoms. The molecular weight excluding hydrogens is 353 g/mol. The fourth-order valence-corrected chi connectivity index (χ4v) is 4.22. The molecule has 0 aliphatic heterocycles. The van der Waals surface area contributed by atoms with E-state index in [0.717, 1.165) is 29.1 Å². The van der Waals surface area contributed by atoms with Gasteiger partial charge in [-0.1, -0.05) is 44.2 Å². The van der Waals surface area contributed by atoms with Gasteiger partial charge in [0.1, 0.15) is 11.6 Å². The van der Waals surface area contributed by atoms with Crippen LogP contribution < -0.4 is 5.32 Å². The maximum Gasteiger partial charge on any atom is 0.231 e. The van der Waals surface area contributed by atoms with E-state index < -0.39 is 5.41 Å². The standard InChI is InChI=1S/C23H24FN3O/c1-16-25-12-13-27(16)20-7-5-4-6-17(20)14-26-21(28)23(15-22(23,2)3)18-8-10-19(24)11-9-18/h4-13H,14-15H2,1-3H3,(H,26,28)/t23-/m0/s1. The number of aryl methyl sites for hydroxylation is 1. The molecule has 1 aromatic heterocycles. The lowest BCUT2D eigenvalue weighted by Crippen LogP contribution is -2.37. The molecule has 0 bridgehead atoms. The van der Waals surface area contributed by atoms with Crippen LogP contribution in [0.5, 0.6) is 0 Å². The van der Waals surface area contributed by atoms with Gasteiger partial charge in [0, 0.05) is 18.9 Å². The maximum absolute atomic E-state index is 13.4. The van der Waals surface area contributed by atoms with Crippen molar-refractivity contribution in [2.75, 3.05) is 0 Å². The fraction of sp³-hybridized carbons (Fsp3) is 0.304. The number of benzene rings is 2. The van der Waals surface area contributed by atoms with E-state index in [1.165, 1.54) is 12.1 Å². The molecule has 1 amide bonds. The predicted molar refractivity (Wildman–Crippen MR) is 107 cm³/mol. The number of carbonyl (C=O) groups is 1. The lowest BCUT2D eigenvalue weighted by molar-refractivity contribution is -0.124. The zero-order valence-corrected chi connectivity index (χ0v) is 16.4. The van der Waals surface area contributed by atoms with Crippen molar-refractivity contribution >= 4 is 5.91 Å². The number of rotatable bonds is 5. The van der Waals surface area contributed by atoms with Crippen LogP contribution >= 0.6 is 0 Å².